The lowest BCUT2D eigenvalue weighted by atomic mass is 10.0. The molecule has 4 rings (SSSR count). The van der Waals surface area contributed by atoms with Gasteiger partial charge in [-0.1, -0.05) is 35.5 Å². The number of fused-ring (bicyclic) bond motifs is 1. The number of aryl methyl sites for hydroxylation is 2. The van der Waals surface area contributed by atoms with E-state index in [1.165, 1.54) is 24.0 Å². The van der Waals surface area contributed by atoms with Gasteiger partial charge < -0.3 is 0 Å². The van der Waals surface area contributed by atoms with Gasteiger partial charge in [-0.25, -0.2) is 4.68 Å². The summed E-state index contributed by atoms with van der Waals surface area (Å²) >= 11 is 0. The third-order valence-electron chi connectivity index (χ3n) is 4.47. The molecule has 0 unspecified atom stereocenters. The standard InChI is InChI=1S/C19H16N4/c20-11-17-4-1-2-5-18(17)13-23-19(12-21-22-23)16-9-8-14-6-3-7-15(14)10-16/h1-2,4-5,8-10,12H,3,6-7,13H2. The van der Waals surface area contributed by atoms with E-state index in [2.05, 4.69) is 34.6 Å². The fraction of sp³-hybridized carbons (Fsp3) is 0.211. The van der Waals surface area contributed by atoms with Crippen LogP contribution in [0.5, 0.6) is 0 Å². The van der Waals surface area contributed by atoms with Crippen LogP contribution < -0.4 is 0 Å². The molecule has 0 amide bonds. The highest BCUT2D eigenvalue weighted by Gasteiger charge is 2.14. The van der Waals surface area contributed by atoms with Crippen molar-refractivity contribution in [1.82, 2.24) is 15.0 Å². The summed E-state index contributed by atoms with van der Waals surface area (Å²) in [5, 5.41) is 17.5. The Kier molecular flexibility index (Phi) is 3.39. The lowest BCUT2D eigenvalue weighted by Crippen LogP contribution is -2.05. The molecule has 0 aliphatic heterocycles. The van der Waals surface area contributed by atoms with Crippen molar-refractivity contribution < 1.29 is 0 Å². The minimum atomic E-state index is 0.552. The fourth-order valence-electron chi connectivity index (χ4n) is 3.26. The summed E-state index contributed by atoms with van der Waals surface area (Å²) in [6.45, 7) is 0.552. The van der Waals surface area contributed by atoms with E-state index >= 15 is 0 Å². The first kappa shape index (κ1) is 13.7. The van der Waals surface area contributed by atoms with E-state index in [0.717, 1.165) is 23.2 Å². The summed E-state index contributed by atoms with van der Waals surface area (Å²) in [5.74, 6) is 0. The van der Waals surface area contributed by atoms with E-state index in [1.807, 2.05) is 28.9 Å². The Morgan fingerprint density at radius 1 is 1.09 bits per heavy atom. The SMILES string of the molecule is N#Cc1ccccc1Cn1nncc1-c1ccc2c(c1)CCC2. The van der Waals surface area contributed by atoms with Crippen LogP contribution in [0.2, 0.25) is 0 Å². The molecule has 2 aromatic carbocycles. The highest BCUT2D eigenvalue weighted by atomic mass is 15.4. The summed E-state index contributed by atoms with van der Waals surface area (Å²) in [5.41, 5.74) is 6.68. The predicted molar refractivity (Wildman–Crippen MR) is 87.7 cm³/mol. The molecular formula is C19H16N4. The Hall–Kier alpha value is -2.93. The first-order valence-corrected chi connectivity index (χ1v) is 7.84. The molecule has 1 aliphatic carbocycles. The van der Waals surface area contributed by atoms with Gasteiger partial charge in [0.05, 0.1) is 30.1 Å². The number of nitriles is 1. The third-order valence-corrected chi connectivity index (χ3v) is 4.47. The Balaban J connectivity index is 1.70. The maximum absolute atomic E-state index is 9.24. The molecule has 1 aromatic heterocycles. The van der Waals surface area contributed by atoms with Crippen LogP contribution >= 0.6 is 0 Å². The molecule has 0 spiro atoms. The number of hydrogen-bond donors (Lipinski definition) is 0. The number of benzene rings is 2. The van der Waals surface area contributed by atoms with E-state index in [0.29, 0.717) is 12.1 Å². The van der Waals surface area contributed by atoms with Crippen molar-refractivity contribution in [3.8, 4) is 17.3 Å². The van der Waals surface area contributed by atoms with Crippen LogP contribution in [0.4, 0.5) is 0 Å². The van der Waals surface area contributed by atoms with Crippen molar-refractivity contribution in [2.75, 3.05) is 0 Å². The number of aromatic nitrogens is 3. The van der Waals surface area contributed by atoms with Gasteiger partial charge >= 0.3 is 0 Å². The maximum Gasteiger partial charge on any atom is 0.0995 e. The maximum atomic E-state index is 9.24. The minimum absolute atomic E-state index is 0.552. The van der Waals surface area contributed by atoms with Gasteiger partial charge in [-0.05, 0) is 48.1 Å². The molecule has 1 heterocycles. The molecule has 0 saturated heterocycles. The molecule has 0 atom stereocenters. The summed E-state index contributed by atoms with van der Waals surface area (Å²) in [7, 11) is 0. The monoisotopic (exact) mass is 300 g/mol. The second-order valence-electron chi connectivity index (χ2n) is 5.88. The van der Waals surface area contributed by atoms with E-state index in [9.17, 15) is 5.26 Å². The average molecular weight is 300 g/mol. The second kappa shape index (κ2) is 5.69. The zero-order valence-corrected chi connectivity index (χ0v) is 12.7. The van der Waals surface area contributed by atoms with Gasteiger partial charge in [0.15, 0.2) is 0 Å². The molecular weight excluding hydrogens is 284 g/mol. The van der Waals surface area contributed by atoms with Crippen molar-refractivity contribution in [2.24, 2.45) is 0 Å². The molecule has 0 fully saturated rings. The van der Waals surface area contributed by atoms with Gasteiger partial charge in [0, 0.05) is 5.56 Å². The third kappa shape index (κ3) is 2.51. The van der Waals surface area contributed by atoms with Crippen LogP contribution in [0.15, 0.2) is 48.7 Å². The van der Waals surface area contributed by atoms with Gasteiger partial charge in [0.2, 0.25) is 0 Å². The van der Waals surface area contributed by atoms with E-state index in [1.54, 1.807) is 6.20 Å². The van der Waals surface area contributed by atoms with Crippen molar-refractivity contribution in [3.05, 3.63) is 70.9 Å². The minimum Gasteiger partial charge on any atom is -0.240 e. The van der Waals surface area contributed by atoms with E-state index in [-0.39, 0.29) is 0 Å². The molecule has 112 valence electrons. The van der Waals surface area contributed by atoms with Crippen molar-refractivity contribution >= 4 is 0 Å². The Morgan fingerprint density at radius 2 is 1.96 bits per heavy atom. The Morgan fingerprint density at radius 3 is 2.87 bits per heavy atom. The highest BCUT2D eigenvalue weighted by Crippen LogP contribution is 2.28. The summed E-state index contributed by atoms with van der Waals surface area (Å²) in [6, 6.07) is 16.5. The molecule has 1 aliphatic rings. The summed E-state index contributed by atoms with van der Waals surface area (Å²) < 4.78 is 1.87. The number of rotatable bonds is 3. The van der Waals surface area contributed by atoms with Crippen LogP contribution in [0, 0.1) is 11.3 Å². The topological polar surface area (TPSA) is 54.5 Å². The number of hydrogen-bond acceptors (Lipinski definition) is 3. The zero-order valence-electron chi connectivity index (χ0n) is 12.7. The first-order valence-electron chi connectivity index (χ1n) is 7.84. The normalized spacial score (nSPS) is 12.8. The smallest absolute Gasteiger partial charge is 0.0995 e. The van der Waals surface area contributed by atoms with Gasteiger partial charge in [-0.3, -0.25) is 0 Å². The molecule has 23 heavy (non-hydrogen) atoms. The van der Waals surface area contributed by atoms with Crippen LogP contribution in [-0.2, 0) is 19.4 Å². The molecule has 0 bridgehead atoms. The molecule has 0 saturated carbocycles. The molecule has 4 heteroatoms. The Labute approximate surface area is 135 Å². The van der Waals surface area contributed by atoms with Gasteiger partial charge in [0.25, 0.3) is 0 Å². The van der Waals surface area contributed by atoms with Crippen molar-refractivity contribution in [3.63, 3.8) is 0 Å². The lowest BCUT2D eigenvalue weighted by molar-refractivity contribution is 0.654. The predicted octanol–water partition coefficient (Wildman–Crippen LogP) is 3.35. The summed E-state index contributed by atoms with van der Waals surface area (Å²) in [4.78, 5) is 0. The van der Waals surface area contributed by atoms with Crippen LogP contribution in [-0.4, -0.2) is 15.0 Å². The highest BCUT2D eigenvalue weighted by molar-refractivity contribution is 5.61. The van der Waals surface area contributed by atoms with Gasteiger partial charge in [-0.15, -0.1) is 5.10 Å². The van der Waals surface area contributed by atoms with E-state index in [4.69, 9.17) is 0 Å². The van der Waals surface area contributed by atoms with Gasteiger partial charge in [-0.2, -0.15) is 5.26 Å². The zero-order chi connectivity index (χ0) is 15.6. The first-order chi connectivity index (χ1) is 11.3. The molecule has 0 radical (unpaired) electrons. The van der Waals surface area contributed by atoms with Crippen molar-refractivity contribution in [1.29, 1.82) is 5.26 Å². The largest absolute Gasteiger partial charge is 0.240 e. The quantitative estimate of drug-likeness (QED) is 0.745. The average Bonchev–Trinajstić information content (AvgIpc) is 3.23. The molecule has 4 nitrogen and oxygen atoms in total. The molecule has 3 aromatic rings. The Bertz CT molecular complexity index is 902. The lowest BCUT2D eigenvalue weighted by Gasteiger charge is -2.09. The van der Waals surface area contributed by atoms with E-state index < -0.39 is 0 Å². The second-order valence-corrected chi connectivity index (χ2v) is 5.88. The van der Waals surface area contributed by atoms with Gasteiger partial charge in [0.1, 0.15) is 0 Å². The van der Waals surface area contributed by atoms with Crippen LogP contribution in [0.3, 0.4) is 0 Å². The van der Waals surface area contributed by atoms with Crippen LogP contribution in [0.25, 0.3) is 11.3 Å². The van der Waals surface area contributed by atoms with Crippen LogP contribution in [0.1, 0.15) is 28.7 Å². The fourth-order valence-corrected chi connectivity index (χ4v) is 3.26. The summed E-state index contributed by atoms with van der Waals surface area (Å²) in [6.07, 6.45) is 5.38. The molecule has 0 N–H and O–H groups in total. The van der Waals surface area contributed by atoms with Crippen molar-refractivity contribution in [2.45, 2.75) is 25.8 Å². The number of nitrogens with zero attached hydrogens (tertiary/aromatic N) is 4.